The zero-order chi connectivity index (χ0) is 61.2. The van der Waals surface area contributed by atoms with E-state index in [9.17, 15) is 19.2 Å². The number of nitrogens with two attached hydrogens (primary N) is 2. The molecular formula is C61H78N12O12Si. The Hall–Kier alpha value is -7.78. The first kappa shape index (κ1) is 61.3. The van der Waals surface area contributed by atoms with Crippen molar-refractivity contribution in [3.05, 3.63) is 118 Å². The number of carbonyl (C=O) groups excluding carboxylic acids is 4. The first-order valence-electron chi connectivity index (χ1n) is 29.2. The van der Waals surface area contributed by atoms with E-state index in [-0.39, 0.29) is 66.7 Å². The molecule has 0 radical (unpaired) electrons. The molecule has 24 nitrogen and oxygen atoms in total. The minimum Gasteiger partial charge on any atom is -0.494 e. The van der Waals surface area contributed by atoms with Gasteiger partial charge in [0.1, 0.15) is 58.3 Å². The first-order valence-corrected chi connectivity index (χ1v) is 32.1. The van der Waals surface area contributed by atoms with Crippen LogP contribution in [0.2, 0.25) is 18.1 Å². The van der Waals surface area contributed by atoms with E-state index >= 15 is 0 Å². The summed E-state index contributed by atoms with van der Waals surface area (Å²) >= 11 is 0. The van der Waals surface area contributed by atoms with Crippen molar-refractivity contribution < 1.29 is 56.8 Å². The van der Waals surface area contributed by atoms with Crippen LogP contribution in [0, 0.1) is 13.8 Å². The minimum absolute atomic E-state index is 0.103. The van der Waals surface area contributed by atoms with Crippen molar-refractivity contribution in [1.29, 1.82) is 0 Å². The van der Waals surface area contributed by atoms with Crippen LogP contribution in [0.15, 0.2) is 72.8 Å². The summed E-state index contributed by atoms with van der Waals surface area (Å²) in [6, 6.07) is 17.7. The van der Waals surface area contributed by atoms with Gasteiger partial charge in [0.2, 0.25) is 23.7 Å². The maximum Gasteiger partial charge on any atom is 0.276 e. The standard InChI is InChI=1S/C61H78N12O12Si/c1-11-72-47-40(36(3)69-72)23-16-13-17-26-73-43(29-35(2)68-73)55(76)66-59-64-41-30-38(53(62)74)32-44(78-7)48(41)70(59)24-18-19-25-71-49-42(65-60(71)67-56(47)77)31-39(54(63)75)33-45(49)80-27-20-28-81-52-51(85-86(9,10)61(4,5)6)50-46(83-58(52)79-8)34-82-57(84-50)37-21-14-12-15-22-37/h12,14-15,18-19,21-22,29-33,46,50-52,57-58H,11,13,16-17,20,23-28,34H2,1-10H3,(H2,62,74)(H2,63,75)(H,64,66,76)(H,65,67,77)/b19-18+/t46-,50-,51?,52-,57?,58+/m1/s1. The van der Waals surface area contributed by atoms with Crippen LogP contribution in [0.1, 0.15) is 124 Å². The molecule has 7 aromatic rings. The summed E-state index contributed by atoms with van der Waals surface area (Å²) in [4.78, 5) is 64.5. The molecule has 2 unspecified atom stereocenters. The highest BCUT2D eigenvalue weighted by Gasteiger charge is 2.54. The molecule has 25 heteroatoms. The first-order chi connectivity index (χ1) is 41.2. The summed E-state index contributed by atoms with van der Waals surface area (Å²) < 4.78 is 58.7. The molecule has 86 heavy (non-hydrogen) atoms. The molecule has 7 heterocycles. The number of methoxy groups -OCH3 is 2. The highest BCUT2D eigenvalue weighted by atomic mass is 28.4. The summed E-state index contributed by atoms with van der Waals surface area (Å²) in [7, 11) is 0.582. The number of allylic oxidation sites excluding steroid dienone is 2. The second kappa shape index (κ2) is 25.7. The van der Waals surface area contributed by atoms with Crippen molar-refractivity contribution in [2.24, 2.45) is 11.5 Å². The summed E-state index contributed by atoms with van der Waals surface area (Å²) in [5, 5.41) is 15.4. The number of aryl methyl sites for hydroxylation is 4. The molecule has 2 fully saturated rings. The molecule has 4 aromatic heterocycles. The lowest BCUT2D eigenvalue weighted by Crippen LogP contribution is -2.66. The number of imidazole rings is 2. The van der Waals surface area contributed by atoms with Gasteiger partial charge in [-0.05, 0) is 88.5 Å². The van der Waals surface area contributed by atoms with Gasteiger partial charge >= 0.3 is 0 Å². The number of hydrogen-bond donors (Lipinski definition) is 4. The number of nitrogens with zero attached hydrogens (tertiary/aromatic N) is 8. The molecule has 458 valence electrons. The molecule has 4 amide bonds. The minimum atomic E-state index is -2.46. The van der Waals surface area contributed by atoms with Crippen LogP contribution in [0.25, 0.3) is 22.1 Å². The third kappa shape index (κ3) is 12.7. The Morgan fingerprint density at radius 1 is 0.802 bits per heavy atom. The maximum atomic E-state index is 14.9. The lowest BCUT2D eigenvalue weighted by atomic mass is 9.97. The molecule has 0 aliphatic carbocycles. The van der Waals surface area contributed by atoms with Crippen LogP contribution in [-0.2, 0) is 60.7 Å². The average molecular weight is 1200 g/mol. The molecule has 0 bridgehead atoms. The highest BCUT2D eigenvalue weighted by molar-refractivity contribution is 6.74. The van der Waals surface area contributed by atoms with Crippen molar-refractivity contribution in [2.75, 3.05) is 44.7 Å². The van der Waals surface area contributed by atoms with Gasteiger partial charge in [0.05, 0.1) is 49.4 Å². The molecule has 10 rings (SSSR count). The SMILES string of the molecule is CCn1nc(C)c2c1C(=O)Nc1nc3cc(C(N)=O)cc(OCCCO[C@@H]4C(O[Si](C)(C)C(C)(C)C)[C@@H]5OC(c6ccccc6)OC[C@H]5O[C@@H]4OC)c3n1C/C=C/Cn1c(nc3cc(C(N)=O)cc(OC)c31)NC(=O)c1cc(C)nn1CCCCC2. The number of amides is 4. The van der Waals surface area contributed by atoms with Crippen molar-refractivity contribution in [3.8, 4) is 11.5 Å². The zero-order valence-electron chi connectivity index (χ0n) is 50.5. The third-order valence-electron chi connectivity index (χ3n) is 16.5. The highest BCUT2D eigenvalue weighted by Crippen LogP contribution is 2.43. The van der Waals surface area contributed by atoms with Crippen LogP contribution >= 0.6 is 0 Å². The number of carbonyl (C=O) groups is 4. The van der Waals surface area contributed by atoms with Gasteiger partial charge in [-0.25, -0.2) is 9.97 Å². The Morgan fingerprint density at radius 3 is 2.08 bits per heavy atom. The fourth-order valence-corrected chi connectivity index (χ4v) is 12.4. The number of primary amides is 2. The second-order valence-electron chi connectivity index (χ2n) is 23.4. The lowest BCUT2D eigenvalue weighted by Gasteiger charge is -2.51. The number of anilines is 2. The Kier molecular flexibility index (Phi) is 18.3. The van der Waals surface area contributed by atoms with E-state index in [1.807, 2.05) is 63.3 Å². The molecule has 3 aliphatic heterocycles. The molecule has 6 atom stereocenters. The van der Waals surface area contributed by atoms with Gasteiger partial charge < -0.3 is 58.2 Å². The van der Waals surface area contributed by atoms with Gasteiger partial charge in [-0.2, -0.15) is 10.2 Å². The fraction of sp³-hybridized carbons (Fsp3) is 0.475. The number of benzene rings is 3. The van der Waals surface area contributed by atoms with E-state index in [1.54, 1.807) is 49.9 Å². The number of hydrogen-bond acceptors (Lipinski definition) is 16. The number of fused-ring (bicyclic) bond motifs is 9. The Morgan fingerprint density at radius 2 is 1.45 bits per heavy atom. The summed E-state index contributed by atoms with van der Waals surface area (Å²) in [5.41, 5.74) is 17.5. The average Bonchev–Trinajstić information content (AvgIpc) is 1.48. The number of nitrogens with one attached hydrogen (secondary N) is 2. The fourth-order valence-electron chi connectivity index (χ4n) is 11.1. The van der Waals surface area contributed by atoms with Crippen molar-refractivity contribution >= 4 is 65.9 Å². The topological polar surface area (TPSA) is 290 Å². The molecule has 3 aliphatic rings. The van der Waals surface area contributed by atoms with Crippen molar-refractivity contribution in [3.63, 3.8) is 0 Å². The van der Waals surface area contributed by atoms with Crippen LogP contribution in [0.4, 0.5) is 11.9 Å². The van der Waals surface area contributed by atoms with Gasteiger partial charge in [-0.15, -0.1) is 0 Å². The van der Waals surface area contributed by atoms with Crippen LogP contribution < -0.4 is 31.6 Å². The van der Waals surface area contributed by atoms with Gasteiger partial charge in [-0.3, -0.25) is 39.2 Å². The zero-order valence-corrected chi connectivity index (χ0v) is 51.5. The summed E-state index contributed by atoms with van der Waals surface area (Å²) in [6.07, 6.45) is 3.00. The van der Waals surface area contributed by atoms with E-state index in [0.717, 1.165) is 29.7 Å². The van der Waals surface area contributed by atoms with E-state index in [0.29, 0.717) is 77.3 Å². The Labute approximate surface area is 499 Å². The predicted octanol–water partition coefficient (Wildman–Crippen LogP) is 8.14. The normalized spacial score (nSPS) is 21.2. The molecular weight excluding hydrogens is 1120 g/mol. The Balaban J connectivity index is 0.986. The van der Waals surface area contributed by atoms with Crippen LogP contribution in [0.5, 0.6) is 11.5 Å². The Bertz CT molecular complexity index is 3680. The smallest absolute Gasteiger partial charge is 0.276 e. The van der Waals surface area contributed by atoms with Crippen LogP contribution in [0.3, 0.4) is 0 Å². The summed E-state index contributed by atoms with van der Waals surface area (Å²) in [6.45, 7) is 18.2. The van der Waals surface area contributed by atoms with Crippen LogP contribution in [-0.4, -0.2) is 135 Å². The maximum absolute atomic E-state index is 14.9. The van der Waals surface area contributed by atoms with Crippen molar-refractivity contribution in [2.45, 2.75) is 155 Å². The summed E-state index contributed by atoms with van der Waals surface area (Å²) in [5.74, 6) is -1.34. The molecule has 0 saturated carbocycles. The molecule has 6 N–H and O–H groups in total. The quantitative estimate of drug-likeness (QED) is 0.0454. The number of aromatic nitrogens is 8. The van der Waals surface area contributed by atoms with E-state index in [4.69, 9.17) is 64.1 Å². The largest absolute Gasteiger partial charge is 0.494 e. The molecule has 2 saturated heterocycles. The monoisotopic (exact) mass is 1200 g/mol. The van der Waals surface area contributed by atoms with E-state index in [1.165, 1.54) is 13.2 Å². The number of rotatable bonds is 14. The van der Waals surface area contributed by atoms with E-state index in [2.05, 4.69) is 49.6 Å². The van der Waals surface area contributed by atoms with Gasteiger partial charge in [-0.1, -0.05) is 69.7 Å². The van der Waals surface area contributed by atoms with Gasteiger partial charge in [0.25, 0.3) is 11.8 Å². The van der Waals surface area contributed by atoms with Gasteiger partial charge in [0.15, 0.2) is 20.9 Å². The third-order valence-corrected chi connectivity index (χ3v) is 20.9. The van der Waals surface area contributed by atoms with Gasteiger partial charge in [0, 0.05) is 62.0 Å². The lowest BCUT2D eigenvalue weighted by molar-refractivity contribution is -0.360. The molecule has 0 spiro atoms. The predicted molar refractivity (Wildman–Crippen MR) is 323 cm³/mol. The number of ether oxygens (including phenoxy) is 7. The van der Waals surface area contributed by atoms with Crippen molar-refractivity contribution in [1.82, 2.24) is 38.7 Å². The molecule has 3 aromatic carbocycles. The van der Waals surface area contributed by atoms with E-state index < -0.39 is 68.9 Å². The second-order valence-corrected chi connectivity index (χ2v) is 28.1.